The third-order valence-corrected chi connectivity index (χ3v) is 14.0. The molecule has 0 aliphatic rings. The molecule has 0 saturated carbocycles. The van der Waals surface area contributed by atoms with Crippen molar-refractivity contribution in [3.8, 4) is 0 Å². The molecule has 0 radical (unpaired) electrons. The molecule has 0 amide bonds. The van der Waals surface area contributed by atoms with Gasteiger partial charge in [0.05, 0.1) is 6.61 Å². The van der Waals surface area contributed by atoms with Crippen LogP contribution in [-0.2, 0) is 19.1 Å². The molecule has 0 aromatic rings. The number of carbonyl (C=O) groups excluding carboxylic acids is 2. The number of esters is 2. The largest absolute Gasteiger partial charge is 0.462 e. The Hall–Kier alpha value is -2.66. The van der Waals surface area contributed by atoms with Crippen molar-refractivity contribution in [3.05, 3.63) is 72.9 Å². The van der Waals surface area contributed by atoms with Crippen molar-refractivity contribution in [2.75, 3.05) is 13.2 Å². The highest BCUT2D eigenvalue weighted by molar-refractivity contribution is 5.70. The fourth-order valence-electron chi connectivity index (χ4n) is 9.29. The van der Waals surface area contributed by atoms with Crippen LogP contribution in [0.25, 0.3) is 0 Å². The molecule has 1 N–H and O–H groups in total. The van der Waals surface area contributed by atoms with Gasteiger partial charge in [-0.3, -0.25) is 9.59 Å². The van der Waals surface area contributed by atoms with Crippen LogP contribution < -0.4 is 0 Å². The Morgan fingerprint density at radius 2 is 0.597 bits per heavy atom. The van der Waals surface area contributed by atoms with Gasteiger partial charge in [-0.15, -0.1) is 0 Å². The monoisotopic (exact) mass is 1000 g/mol. The molecular weight excluding hydrogens is 885 g/mol. The normalized spacial score (nSPS) is 12.7. The lowest BCUT2D eigenvalue weighted by molar-refractivity contribution is -0.161. The number of allylic oxidation sites excluding steroid dienone is 12. The summed E-state index contributed by atoms with van der Waals surface area (Å²) >= 11 is 0. The minimum absolute atomic E-state index is 0.0643. The summed E-state index contributed by atoms with van der Waals surface area (Å²) in [7, 11) is 0. The summed E-state index contributed by atoms with van der Waals surface area (Å²) in [5, 5.41) is 9.68. The van der Waals surface area contributed by atoms with Crippen molar-refractivity contribution in [2.45, 2.75) is 328 Å². The smallest absolute Gasteiger partial charge is 0.306 e. The van der Waals surface area contributed by atoms with Crippen LogP contribution in [0, 0.1) is 0 Å². The van der Waals surface area contributed by atoms with E-state index in [0.717, 1.165) is 70.6 Å². The molecule has 418 valence electrons. The zero-order chi connectivity index (χ0) is 52.0. The maximum Gasteiger partial charge on any atom is 0.306 e. The van der Waals surface area contributed by atoms with E-state index in [2.05, 4.69) is 86.8 Å². The lowest BCUT2D eigenvalue weighted by atomic mass is 10.0. The van der Waals surface area contributed by atoms with E-state index in [1.807, 2.05) is 0 Å². The van der Waals surface area contributed by atoms with E-state index in [1.54, 1.807) is 0 Å². The first-order chi connectivity index (χ1) is 35.6. The summed E-state index contributed by atoms with van der Waals surface area (Å²) in [6.07, 6.45) is 86.2. The molecule has 0 heterocycles. The number of hydrogen-bond donors (Lipinski definition) is 1. The maximum absolute atomic E-state index is 12.3. The summed E-state index contributed by atoms with van der Waals surface area (Å²) in [6, 6.07) is 0. The van der Waals surface area contributed by atoms with Crippen molar-refractivity contribution < 1.29 is 24.2 Å². The minimum Gasteiger partial charge on any atom is -0.462 e. The summed E-state index contributed by atoms with van der Waals surface area (Å²) < 4.78 is 10.7. The van der Waals surface area contributed by atoms with Crippen LogP contribution in [0.15, 0.2) is 72.9 Å². The first kappa shape index (κ1) is 69.3. The Balaban J connectivity index is 3.44. The van der Waals surface area contributed by atoms with Gasteiger partial charge in [0.25, 0.3) is 0 Å². The molecule has 72 heavy (non-hydrogen) atoms. The third kappa shape index (κ3) is 59.9. The van der Waals surface area contributed by atoms with Crippen LogP contribution >= 0.6 is 0 Å². The molecule has 0 spiro atoms. The van der Waals surface area contributed by atoms with Gasteiger partial charge in [-0.2, -0.15) is 0 Å². The zero-order valence-corrected chi connectivity index (χ0v) is 47.9. The van der Waals surface area contributed by atoms with Crippen LogP contribution in [0.3, 0.4) is 0 Å². The van der Waals surface area contributed by atoms with E-state index in [0.29, 0.717) is 12.8 Å². The van der Waals surface area contributed by atoms with Crippen LogP contribution in [0.5, 0.6) is 0 Å². The predicted molar refractivity (Wildman–Crippen MR) is 316 cm³/mol. The quantitative estimate of drug-likeness (QED) is 0.0373. The fourth-order valence-corrected chi connectivity index (χ4v) is 9.29. The van der Waals surface area contributed by atoms with Crippen LogP contribution in [0.1, 0.15) is 322 Å². The minimum atomic E-state index is -0.774. The van der Waals surface area contributed by atoms with Gasteiger partial charge in [0, 0.05) is 12.8 Å². The molecule has 0 aromatic carbocycles. The van der Waals surface area contributed by atoms with Gasteiger partial charge < -0.3 is 14.6 Å². The number of hydrogen-bond acceptors (Lipinski definition) is 5. The number of ether oxygens (including phenoxy) is 2. The topological polar surface area (TPSA) is 72.8 Å². The maximum atomic E-state index is 12.3. The summed E-state index contributed by atoms with van der Waals surface area (Å²) in [4.78, 5) is 24.6. The van der Waals surface area contributed by atoms with Gasteiger partial charge in [-0.1, -0.05) is 299 Å². The van der Waals surface area contributed by atoms with Crippen molar-refractivity contribution in [3.63, 3.8) is 0 Å². The summed E-state index contributed by atoms with van der Waals surface area (Å²) in [5.41, 5.74) is 0. The van der Waals surface area contributed by atoms with Crippen LogP contribution in [0.4, 0.5) is 0 Å². The summed E-state index contributed by atoms with van der Waals surface area (Å²) in [6.45, 7) is 4.06. The van der Waals surface area contributed by atoms with Crippen LogP contribution in [-0.4, -0.2) is 36.4 Å². The van der Waals surface area contributed by atoms with Gasteiger partial charge in [0.2, 0.25) is 0 Å². The average molecular weight is 1010 g/mol. The first-order valence-corrected chi connectivity index (χ1v) is 31.5. The molecule has 0 bridgehead atoms. The number of rotatable bonds is 58. The van der Waals surface area contributed by atoms with Crippen molar-refractivity contribution >= 4 is 11.9 Å². The molecule has 0 fully saturated rings. The van der Waals surface area contributed by atoms with Crippen molar-refractivity contribution in [2.24, 2.45) is 0 Å². The molecule has 0 rings (SSSR count). The second-order valence-corrected chi connectivity index (χ2v) is 21.1. The van der Waals surface area contributed by atoms with Gasteiger partial charge >= 0.3 is 11.9 Å². The summed E-state index contributed by atoms with van der Waals surface area (Å²) in [5.74, 6) is -0.578. The highest BCUT2D eigenvalue weighted by Gasteiger charge is 2.16. The number of carbonyl (C=O) groups is 2. The number of unbranched alkanes of at least 4 members (excludes halogenated alkanes) is 38. The van der Waals surface area contributed by atoms with Gasteiger partial charge in [-0.25, -0.2) is 0 Å². The number of aliphatic hydroxyl groups excluding tert-OH is 1. The van der Waals surface area contributed by atoms with Gasteiger partial charge in [0.15, 0.2) is 6.10 Å². The van der Waals surface area contributed by atoms with E-state index in [9.17, 15) is 14.7 Å². The Labute approximate surface area is 448 Å². The Morgan fingerprint density at radius 3 is 0.903 bits per heavy atom. The molecule has 0 aliphatic heterocycles. The van der Waals surface area contributed by atoms with E-state index in [-0.39, 0.29) is 25.2 Å². The average Bonchev–Trinajstić information content (AvgIpc) is 3.38. The highest BCUT2D eigenvalue weighted by Crippen LogP contribution is 2.17. The molecule has 1 atom stereocenters. The Bertz CT molecular complexity index is 1270. The van der Waals surface area contributed by atoms with E-state index in [4.69, 9.17) is 9.47 Å². The Kier molecular flexibility index (Phi) is 60.3. The molecule has 0 aliphatic carbocycles. The van der Waals surface area contributed by atoms with E-state index >= 15 is 0 Å². The Morgan fingerprint density at radius 1 is 0.333 bits per heavy atom. The van der Waals surface area contributed by atoms with Gasteiger partial charge in [0.1, 0.15) is 6.61 Å². The van der Waals surface area contributed by atoms with E-state index in [1.165, 1.54) is 225 Å². The molecule has 0 aromatic heterocycles. The van der Waals surface area contributed by atoms with Gasteiger partial charge in [-0.05, 0) is 83.5 Å². The molecule has 5 nitrogen and oxygen atoms in total. The molecule has 0 saturated heterocycles. The standard InChI is InChI=1S/C67H120O5/c1-3-5-7-9-11-13-15-17-19-21-23-25-27-29-31-32-33-34-36-37-39-41-43-45-47-49-51-53-55-57-59-61-66(69)71-64-65(63-68)72-67(70)62-60-58-56-54-52-50-48-46-44-42-40-38-35-30-28-26-24-22-20-18-16-14-12-10-8-6-4-2/h6,8,12,14-15,17-18,20-21,23-24,26,65,68H,3-5,7,9-11,13,16,19,22,25,27-64H2,1-2H3/b8-6-,14-12-,17-15-,20-18-,23-21-,26-24-. The van der Waals surface area contributed by atoms with Crippen molar-refractivity contribution in [1.82, 2.24) is 0 Å². The SMILES string of the molecule is CC/C=C\C/C=C\C/C=C\C/C=C\CCCCCCCCCCCCCCCCC(=O)OC(CO)COC(=O)CCCCCCCCCCCCCCCCCCCCC/C=C\C/C=C\CCCCCCC. The molecule has 5 heteroatoms. The molecule has 1 unspecified atom stereocenters. The van der Waals surface area contributed by atoms with Crippen LogP contribution in [0.2, 0.25) is 0 Å². The second kappa shape index (κ2) is 62.6. The lowest BCUT2D eigenvalue weighted by Crippen LogP contribution is -2.28. The fraction of sp³-hybridized carbons (Fsp3) is 0.791. The highest BCUT2D eigenvalue weighted by atomic mass is 16.6. The zero-order valence-electron chi connectivity index (χ0n) is 47.9. The molecular formula is C67H120O5. The predicted octanol–water partition coefficient (Wildman–Crippen LogP) is 21.5. The van der Waals surface area contributed by atoms with Crippen molar-refractivity contribution in [1.29, 1.82) is 0 Å². The lowest BCUT2D eigenvalue weighted by Gasteiger charge is -2.15. The van der Waals surface area contributed by atoms with E-state index < -0.39 is 6.10 Å². The number of aliphatic hydroxyl groups is 1. The first-order valence-electron chi connectivity index (χ1n) is 31.5. The second-order valence-electron chi connectivity index (χ2n) is 21.1. The third-order valence-electron chi connectivity index (χ3n) is 14.0.